The van der Waals surface area contributed by atoms with Gasteiger partial charge < -0.3 is 9.12 Å². The van der Waals surface area contributed by atoms with Crippen LogP contribution >= 0.6 is 0 Å². The maximum atomic E-state index is 13.8. The van der Waals surface area contributed by atoms with Crippen LogP contribution in [0.15, 0.2) is 52.6 Å². The van der Waals surface area contributed by atoms with Gasteiger partial charge in [0.25, 0.3) is 5.56 Å². The molecule has 184 valence electrons. The quantitative estimate of drug-likeness (QED) is 0.330. The summed E-state index contributed by atoms with van der Waals surface area (Å²) in [6.45, 7) is -0.752. The molecule has 1 unspecified atom stereocenters. The highest BCUT2D eigenvalue weighted by Crippen LogP contribution is 2.45. The summed E-state index contributed by atoms with van der Waals surface area (Å²) in [6, 6.07) is 4.43. The average molecular weight is 501 g/mol. The summed E-state index contributed by atoms with van der Waals surface area (Å²) in [4.78, 5) is 31.3. The Morgan fingerprint density at radius 1 is 1.20 bits per heavy atom. The second-order valence-electron chi connectivity index (χ2n) is 8.81. The van der Waals surface area contributed by atoms with Crippen molar-refractivity contribution >= 4 is 27.9 Å². The topological polar surface area (TPSA) is 123 Å². The largest absolute Gasteiger partial charge is 0.755 e. The molecule has 0 N–H and O–H groups in total. The predicted octanol–water partition coefficient (Wildman–Crippen LogP) is 0.829. The second kappa shape index (κ2) is 8.57. The fraction of sp³-hybridized carbons (Fsp3) is 0.364. The van der Waals surface area contributed by atoms with Crippen LogP contribution in [-0.4, -0.2) is 49.4 Å². The molecule has 13 heteroatoms. The Kier molecular flexibility index (Phi) is 5.68. The minimum atomic E-state index is -2.74. The lowest BCUT2D eigenvalue weighted by Gasteiger charge is -2.33. The number of alkyl halides is 1. The van der Waals surface area contributed by atoms with Crippen molar-refractivity contribution in [3.63, 3.8) is 0 Å². The molecule has 5 rings (SSSR count). The van der Waals surface area contributed by atoms with Gasteiger partial charge in [0.2, 0.25) is 0 Å². The summed E-state index contributed by atoms with van der Waals surface area (Å²) < 4.78 is 44.7. The van der Waals surface area contributed by atoms with Crippen LogP contribution in [-0.2, 0) is 38.5 Å². The lowest BCUT2D eigenvalue weighted by atomic mass is 10.2. The molecule has 1 aliphatic carbocycles. The molecule has 1 atom stereocenters. The van der Waals surface area contributed by atoms with Crippen molar-refractivity contribution < 1.29 is 13.2 Å². The first-order valence-corrected chi connectivity index (χ1v) is 11.9. The number of rotatable bonds is 8. The Morgan fingerprint density at radius 2 is 1.97 bits per heavy atom. The third-order valence-corrected chi connectivity index (χ3v) is 7.31. The maximum absolute atomic E-state index is 13.8. The average Bonchev–Trinajstić information content (AvgIpc) is 3.33. The summed E-state index contributed by atoms with van der Waals surface area (Å²) in [5.41, 5.74) is -1.08. The molecule has 0 spiro atoms. The molecule has 1 fully saturated rings. The van der Waals surface area contributed by atoms with Crippen molar-refractivity contribution in [3.8, 4) is 0 Å². The van der Waals surface area contributed by atoms with E-state index in [1.54, 1.807) is 48.1 Å². The number of halogens is 1. The SMILES string of the molecule is Cn1cc(Cn2c(=O)c3cc(N(S(=O)[O-])C4(CF)CC4)ccc3n(Cc3nccn3C)c2=O)cn1. The number of benzene rings is 1. The van der Waals surface area contributed by atoms with Gasteiger partial charge in [-0.15, -0.1) is 0 Å². The lowest BCUT2D eigenvalue weighted by Crippen LogP contribution is -2.42. The first kappa shape index (κ1) is 23.2. The predicted molar refractivity (Wildman–Crippen MR) is 126 cm³/mol. The molecule has 1 aromatic carbocycles. The van der Waals surface area contributed by atoms with Crippen LogP contribution in [0.3, 0.4) is 0 Å². The number of hydrogen-bond donors (Lipinski definition) is 0. The fourth-order valence-corrected chi connectivity index (χ4v) is 5.14. The minimum Gasteiger partial charge on any atom is -0.755 e. The monoisotopic (exact) mass is 500 g/mol. The van der Waals surface area contributed by atoms with E-state index in [4.69, 9.17) is 0 Å². The van der Waals surface area contributed by atoms with Crippen molar-refractivity contribution in [2.45, 2.75) is 31.5 Å². The molecule has 1 aliphatic rings. The van der Waals surface area contributed by atoms with Crippen LogP contribution < -0.4 is 15.6 Å². The van der Waals surface area contributed by atoms with E-state index < -0.39 is 34.7 Å². The molecule has 3 heterocycles. The van der Waals surface area contributed by atoms with Crippen LogP contribution in [0.4, 0.5) is 10.1 Å². The van der Waals surface area contributed by atoms with Gasteiger partial charge in [-0.3, -0.25) is 27.1 Å². The smallest absolute Gasteiger partial charge is 0.332 e. The lowest BCUT2D eigenvalue weighted by molar-refractivity contribution is 0.411. The molecule has 11 nitrogen and oxygen atoms in total. The van der Waals surface area contributed by atoms with E-state index in [0.717, 1.165) is 8.87 Å². The van der Waals surface area contributed by atoms with Gasteiger partial charge in [-0.1, -0.05) is 0 Å². The van der Waals surface area contributed by atoms with Gasteiger partial charge in [-0.25, -0.2) is 14.2 Å². The second-order valence-corrected chi connectivity index (χ2v) is 9.61. The fourth-order valence-electron chi connectivity index (χ4n) is 4.31. The summed E-state index contributed by atoms with van der Waals surface area (Å²) in [5.74, 6) is 0.598. The highest BCUT2D eigenvalue weighted by atomic mass is 32.2. The minimum absolute atomic E-state index is 0.0160. The number of aromatic nitrogens is 6. The number of aryl methyl sites for hydroxylation is 2. The molecule has 0 saturated heterocycles. The zero-order chi connectivity index (χ0) is 24.9. The molecule has 1 saturated carbocycles. The summed E-state index contributed by atoms with van der Waals surface area (Å²) in [6.07, 6.45) is 7.41. The maximum Gasteiger partial charge on any atom is 0.332 e. The first-order valence-electron chi connectivity index (χ1n) is 10.9. The van der Waals surface area contributed by atoms with E-state index >= 15 is 0 Å². The molecular formula is C22H23FN7O4S-. The third-order valence-electron chi connectivity index (χ3n) is 6.42. The standard InChI is InChI=1S/C22H24FN7O4S/c1-26-8-7-24-19(26)13-28-18-4-3-16(30(35(33)34)22(14-23)5-6-22)9-17(18)20(31)29(21(28)32)12-15-10-25-27(2)11-15/h3-4,7-11H,5-6,12-14H2,1-2H3,(H,33,34)/p-1. The van der Waals surface area contributed by atoms with Crippen LogP contribution in [0.2, 0.25) is 0 Å². The summed E-state index contributed by atoms with van der Waals surface area (Å²) in [5, 5.41) is 4.24. The molecule has 4 aromatic rings. The normalized spacial score (nSPS) is 15.4. The van der Waals surface area contributed by atoms with E-state index in [-0.39, 0.29) is 24.2 Å². The Bertz CT molecular complexity index is 1570. The molecule has 0 radical (unpaired) electrons. The van der Waals surface area contributed by atoms with Gasteiger partial charge in [0.15, 0.2) is 0 Å². The van der Waals surface area contributed by atoms with Crippen molar-refractivity contribution in [3.05, 3.63) is 75.2 Å². The van der Waals surface area contributed by atoms with E-state index in [2.05, 4.69) is 10.1 Å². The summed E-state index contributed by atoms with van der Waals surface area (Å²) in [7, 11) is 3.53. The number of hydrogen-bond acceptors (Lipinski definition) is 6. The number of anilines is 1. The number of imidazole rings is 1. The van der Waals surface area contributed by atoms with Crippen LogP contribution in [0.5, 0.6) is 0 Å². The Morgan fingerprint density at radius 3 is 2.54 bits per heavy atom. The highest BCUT2D eigenvalue weighted by Gasteiger charge is 2.49. The van der Waals surface area contributed by atoms with Gasteiger partial charge in [-0.2, -0.15) is 5.10 Å². The molecule has 0 amide bonds. The Balaban J connectivity index is 1.73. The number of fused-ring (bicyclic) bond motifs is 1. The van der Waals surface area contributed by atoms with Gasteiger partial charge in [-0.05, 0) is 31.0 Å². The van der Waals surface area contributed by atoms with Crippen LogP contribution in [0.25, 0.3) is 10.9 Å². The molecular weight excluding hydrogens is 477 g/mol. The zero-order valence-corrected chi connectivity index (χ0v) is 19.9. The van der Waals surface area contributed by atoms with E-state index in [9.17, 15) is 22.7 Å². The van der Waals surface area contributed by atoms with Crippen LogP contribution in [0, 0.1) is 0 Å². The van der Waals surface area contributed by atoms with Gasteiger partial charge in [0, 0.05) is 55.2 Å². The summed E-state index contributed by atoms with van der Waals surface area (Å²) >= 11 is -2.74. The van der Waals surface area contributed by atoms with Gasteiger partial charge >= 0.3 is 5.69 Å². The Labute approximate surface area is 201 Å². The first-order chi connectivity index (χ1) is 16.7. The van der Waals surface area contributed by atoms with Crippen molar-refractivity contribution in [2.75, 3.05) is 11.0 Å². The van der Waals surface area contributed by atoms with Gasteiger partial charge in [0.05, 0.1) is 35.7 Å². The third kappa shape index (κ3) is 4.00. The molecule has 0 aliphatic heterocycles. The van der Waals surface area contributed by atoms with Crippen LogP contribution in [0.1, 0.15) is 24.2 Å². The van der Waals surface area contributed by atoms with Gasteiger partial charge in [0.1, 0.15) is 12.5 Å². The molecule has 3 aromatic heterocycles. The van der Waals surface area contributed by atoms with E-state index in [0.29, 0.717) is 29.7 Å². The molecule has 35 heavy (non-hydrogen) atoms. The van der Waals surface area contributed by atoms with Crippen molar-refractivity contribution in [1.82, 2.24) is 28.5 Å². The van der Waals surface area contributed by atoms with Crippen molar-refractivity contribution in [2.24, 2.45) is 14.1 Å². The van der Waals surface area contributed by atoms with E-state index in [1.807, 2.05) is 0 Å². The number of nitrogens with zero attached hydrogens (tertiary/aromatic N) is 7. The highest BCUT2D eigenvalue weighted by molar-refractivity contribution is 7.80. The van der Waals surface area contributed by atoms with Crippen molar-refractivity contribution in [1.29, 1.82) is 0 Å². The Hall–Kier alpha value is -3.58. The zero-order valence-electron chi connectivity index (χ0n) is 19.1. The molecule has 0 bridgehead atoms. The van der Waals surface area contributed by atoms with E-state index in [1.165, 1.54) is 22.8 Å².